The molecule has 0 N–H and O–H groups in total. The van der Waals surface area contributed by atoms with E-state index in [0.29, 0.717) is 44.8 Å². The molecular formula is C32H52N14. The van der Waals surface area contributed by atoms with Gasteiger partial charge in [-0.05, 0) is 24.3 Å². The van der Waals surface area contributed by atoms with Gasteiger partial charge in [-0.2, -0.15) is 0 Å². The van der Waals surface area contributed by atoms with Crippen LogP contribution in [0.3, 0.4) is 0 Å². The van der Waals surface area contributed by atoms with E-state index >= 15 is 0 Å². The first-order valence-corrected chi connectivity index (χ1v) is 14.9. The van der Waals surface area contributed by atoms with Gasteiger partial charge in [-0.1, -0.05) is 0 Å². The molecular weight excluding hydrogens is 580 g/mol. The van der Waals surface area contributed by atoms with E-state index < -0.39 is 0 Å². The van der Waals surface area contributed by atoms with Crippen molar-refractivity contribution in [1.82, 2.24) is 49.2 Å². The van der Waals surface area contributed by atoms with Gasteiger partial charge < -0.3 is 39.2 Å². The minimum Gasteiger partial charge on any atom is -0.349 e. The quantitative estimate of drug-likeness (QED) is 0.242. The number of hydrogen-bond acceptors (Lipinski definition) is 6. The largest absolute Gasteiger partial charge is 0.349 e. The lowest BCUT2D eigenvalue weighted by atomic mass is 10.2. The van der Waals surface area contributed by atoms with Crippen molar-refractivity contribution < 1.29 is 0 Å². The standard InChI is InChI=1S/C32H52N14/c1-39(2)29(40(3)4)35-25-17-21-22(18-26(25)36-30(41(5)6)42(7)8)34-24-20-28(38-32(45(13)14)46(15)16)27(19-23(24)33-21)37-31(43(9)10)44(11)12/h17-20H,1-16H3. The molecule has 0 atom stereocenters. The van der Waals surface area contributed by atoms with Crippen LogP contribution in [-0.4, -0.2) is 186 Å². The highest BCUT2D eigenvalue weighted by molar-refractivity contribution is 5.98. The Labute approximate surface area is 274 Å². The topological polar surface area (TPSA) is 101 Å². The van der Waals surface area contributed by atoms with Crippen LogP contribution in [0.5, 0.6) is 0 Å². The van der Waals surface area contributed by atoms with Crippen LogP contribution in [0.25, 0.3) is 22.1 Å². The Morgan fingerprint density at radius 1 is 0.326 bits per heavy atom. The van der Waals surface area contributed by atoms with Crippen molar-refractivity contribution in [3.8, 4) is 0 Å². The maximum absolute atomic E-state index is 5.08. The minimum atomic E-state index is 0.684. The van der Waals surface area contributed by atoms with E-state index in [4.69, 9.17) is 29.9 Å². The second-order valence-electron chi connectivity index (χ2n) is 12.7. The van der Waals surface area contributed by atoms with E-state index in [0.717, 1.165) is 23.8 Å². The molecule has 46 heavy (non-hydrogen) atoms. The van der Waals surface area contributed by atoms with Crippen molar-refractivity contribution in [2.45, 2.75) is 0 Å². The van der Waals surface area contributed by atoms with Gasteiger partial charge in [-0.3, -0.25) is 0 Å². The first kappa shape index (κ1) is 35.6. The van der Waals surface area contributed by atoms with Gasteiger partial charge in [0.2, 0.25) is 23.8 Å². The van der Waals surface area contributed by atoms with Gasteiger partial charge >= 0.3 is 0 Å². The molecule has 2 aromatic carbocycles. The highest BCUT2D eigenvalue weighted by Crippen LogP contribution is 2.37. The normalized spacial score (nSPS) is 10.6. The molecule has 250 valence electrons. The third-order valence-corrected chi connectivity index (χ3v) is 6.71. The van der Waals surface area contributed by atoms with Crippen LogP contribution in [0.4, 0.5) is 22.7 Å². The Morgan fingerprint density at radius 3 is 0.609 bits per heavy atom. The number of guanidine groups is 4. The third kappa shape index (κ3) is 8.23. The minimum absolute atomic E-state index is 0.684. The number of fused-ring (bicyclic) bond motifs is 2. The molecule has 0 unspecified atom stereocenters. The monoisotopic (exact) mass is 632 g/mol. The number of nitrogens with zero attached hydrogens (tertiary/aromatic N) is 14. The lowest BCUT2D eigenvalue weighted by Gasteiger charge is -2.24. The molecule has 0 aliphatic carbocycles. The van der Waals surface area contributed by atoms with E-state index in [2.05, 4.69) is 0 Å². The van der Waals surface area contributed by atoms with E-state index in [1.807, 2.05) is 176 Å². The summed E-state index contributed by atoms with van der Waals surface area (Å²) in [6, 6.07) is 7.80. The molecule has 1 heterocycles. The first-order chi connectivity index (χ1) is 21.4. The van der Waals surface area contributed by atoms with Crippen LogP contribution in [0.1, 0.15) is 0 Å². The van der Waals surface area contributed by atoms with Crippen LogP contribution < -0.4 is 0 Å². The Morgan fingerprint density at radius 2 is 0.478 bits per heavy atom. The van der Waals surface area contributed by atoms with Gasteiger partial charge in [0.1, 0.15) is 0 Å². The van der Waals surface area contributed by atoms with Gasteiger partial charge in [-0.25, -0.2) is 29.9 Å². The van der Waals surface area contributed by atoms with E-state index in [9.17, 15) is 0 Å². The zero-order chi connectivity index (χ0) is 34.6. The van der Waals surface area contributed by atoms with Crippen molar-refractivity contribution in [2.24, 2.45) is 20.0 Å². The number of rotatable bonds is 4. The number of hydrogen-bond donors (Lipinski definition) is 0. The third-order valence-electron chi connectivity index (χ3n) is 6.71. The zero-order valence-electron chi connectivity index (χ0n) is 30.6. The Balaban J connectivity index is 2.48. The molecule has 3 aromatic rings. The van der Waals surface area contributed by atoms with E-state index in [1.165, 1.54) is 0 Å². The SMILES string of the molecule is CN(C)C(=Nc1cc2nc3cc(N=C(N(C)C)N(C)C)c(N=C(N(C)C)N(C)C)cc3nc2cc1N=C(N(C)C)N(C)C)N(C)C. The molecule has 0 spiro atoms. The zero-order valence-corrected chi connectivity index (χ0v) is 30.6. The van der Waals surface area contributed by atoms with Crippen LogP contribution in [0.15, 0.2) is 44.2 Å². The van der Waals surface area contributed by atoms with E-state index in [-0.39, 0.29) is 0 Å². The van der Waals surface area contributed by atoms with Crippen molar-refractivity contribution in [2.75, 3.05) is 113 Å². The second-order valence-corrected chi connectivity index (χ2v) is 12.7. The highest BCUT2D eigenvalue weighted by Gasteiger charge is 2.17. The average molecular weight is 633 g/mol. The Bertz CT molecular complexity index is 1380. The highest BCUT2D eigenvalue weighted by atomic mass is 15.4. The van der Waals surface area contributed by atoms with Gasteiger partial charge in [0, 0.05) is 113 Å². The molecule has 14 nitrogen and oxygen atoms in total. The maximum Gasteiger partial charge on any atom is 0.200 e. The molecule has 14 heteroatoms. The Hall–Kier alpha value is -4.88. The molecule has 0 bridgehead atoms. The molecule has 0 radical (unpaired) electrons. The van der Waals surface area contributed by atoms with Crippen molar-refractivity contribution in [3.63, 3.8) is 0 Å². The lowest BCUT2D eigenvalue weighted by molar-refractivity contribution is 0.483. The summed E-state index contributed by atoms with van der Waals surface area (Å²) in [4.78, 5) is 46.0. The van der Waals surface area contributed by atoms with Crippen molar-refractivity contribution >= 4 is 68.7 Å². The summed E-state index contributed by atoms with van der Waals surface area (Å²) in [5, 5.41) is 0. The summed E-state index contributed by atoms with van der Waals surface area (Å²) < 4.78 is 0. The summed E-state index contributed by atoms with van der Waals surface area (Å²) in [6.45, 7) is 0. The summed E-state index contributed by atoms with van der Waals surface area (Å²) >= 11 is 0. The summed E-state index contributed by atoms with van der Waals surface area (Å²) in [5.74, 6) is 3.10. The van der Waals surface area contributed by atoms with Crippen LogP contribution >= 0.6 is 0 Å². The fourth-order valence-electron chi connectivity index (χ4n) is 4.92. The average Bonchev–Trinajstić information content (AvgIpc) is 2.93. The Kier molecular flexibility index (Phi) is 11.2. The summed E-state index contributed by atoms with van der Waals surface area (Å²) in [7, 11) is 31.5. The van der Waals surface area contributed by atoms with Gasteiger partial charge in [-0.15, -0.1) is 0 Å². The maximum atomic E-state index is 5.08. The summed E-state index contributed by atoms with van der Waals surface area (Å²) in [6.07, 6.45) is 0. The van der Waals surface area contributed by atoms with Crippen molar-refractivity contribution in [1.29, 1.82) is 0 Å². The molecule has 0 saturated heterocycles. The van der Waals surface area contributed by atoms with Gasteiger partial charge in [0.15, 0.2) is 0 Å². The fraction of sp³-hybridized carbons (Fsp3) is 0.500. The molecule has 0 saturated carbocycles. The first-order valence-electron chi connectivity index (χ1n) is 14.9. The number of benzene rings is 2. The van der Waals surface area contributed by atoms with Crippen molar-refractivity contribution in [3.05, 3.63) is 24.3 Å². The van der Waals surface area contributed by atoms with Crippen LogP contribution in [0.2, 0.25) is 0 Å². The smallest absolute Gasteiger partial charge is 0.200 e. The second kappa shape index (κ2) is 14.5. The summed E-state index contributed by atoms with van der Waals surface area (Å²) in [5.41, 5.74) is 5.54. The molecule has 0 aliphatic heterocycles. The number of aromatic nitrogens is 2. The fourth-order valence-corrected chi connectivity index (χ4v) is 4.92. The number of aliphatic imine (C=N–C) groups is 4. The van der Waals surface area contributed by atoms with Gasteiger partial charge in [0.05, 0.1) is 44.8 Å². The predicted molar refractivity (Wildman–Crippen MR) is 195 cm³/mol. The molecule has 1 aromatic heterocycles. The van der Waals surface area contributed by atoms with Crippen LogP contribution in [0, 0.1) is 0 Å². The lowest BCUT2D eigenvalue weighted by Crippen LogP contribution is -2.35. The van der Waals surface area contributed by atoms with Gasteiger partial charge in [0.25, 0.3) is 0 Å². The molecule has 0 aliphatic rings. The molecule has 0 fully saturated rings. The van der Waals surface area contributed by atoms with Crippen LogP contribution in [-0.2, 0) is 0 Å². The van der Waals surface area contributed by atoms with E-state index in [1.54, 1.807) is 0 Å². The predicted octanol–water partition coefficient (Wildman–Crippen LogP) is 3.23. The molecule has 0 amide bonds. The molecule has 3 rings (SSSR count).